The second kappa shape index (κ2) is 7.46. The van der Waals surface area contributed by atoms with Crippen LogP contribution in [0, 0.1) is 23.2 Å². The van der Waals surface area contributed by atoms with Crippen LogP contribution in [-0.4, -0.2) is 17.7 Å². The average molecular weight is 389 g/mol. The second-order valence-electron chi connectivity index (χ2n) is 8.80. The molecule has 4 fully saturated rings. The monoisotopic (exact) mass is 388 g/mol. The summed E-state index contributed by atoms with van der Waals surface area (Å²) in [4.78, 5) is 12.5. The zero-order chi connectivity index (χ0) is 19.0. The second-order valence-corrected chi connectivity index (χ2v) is 9.24. The predicted octanol–water partition coefficient (Wildman–Crippen LogP) is 5.21. The van der Waals surface area contributed by atoms with Crippen LogP contribution in [0.5, 0.6) is 5.75 Å². The Bertz CT molecular complexity index is 710. The SMILES string of the molecule is CC/C(=N/NC(=O)C(C)Oc1cccc(Cl)c1)C12CC3CC(CC(C3)C1)C2. The van der Waals surface area contributed by atoms with Gasteiger partial charge in [-0.2, -0.15) is 5.10 Å². The van der Waals surface area contributed by atoms with Crippen molar-refractivity contribution in [2.45, 2.75) is 64.9 Å². The molecule has 1 atom stereocenters. The molecule has 1 unspecified atom stereocenters. The molecule has 0 aliphatic heterocycles. The first-order valence-corrected chi connectivity index (χ1v) is 10.6. The van der Waals surface area contributed by atoms with E-state index < -0.39 is 6.10 Å². The van der Waals surface area contributed by atoms with Crippen molar-refractivity contribution in [1.82, 2.24) is 5.43 Å². The molecule has 5 heteroatoms. The average Bonchev–Trinajstić information content (AvgIpc) is 2.60. The van der Waals surface area contributed by atoms with Gasteiger partial charge in [0.25, 0.3) is 5.91 Å². The largest absolute Gasteiger partial charge is 0.481 e. The fraction of sp³-hybridized carbons (Fsp3) is 0.636. The number of amides is 1. The molecule has 0 radical (unpaired) electrons. The minimum Gasteiger partial charge on any atom is -0.481 e. The third kappa shape index (κ3) is 3.87. The van der Waals surface area contributed by atoms with Crippen LogP contribution < -0.4 is 10.2 Å². The Labute approximate surface area is 166 Å². The lowest BCUT2D eigenvalue weighted by Gasteiger charge is -2.57. The number of hydrogen-bond donors (Lipinski definition) is 1. The smallest absolute Gasteiger partial charge is 0.280 e. The maximum absolute atomic E-state index is 12.5. The minimum absolute atomic E-state index is 0.217. The predicted molar refractivity (Wildman–Crippen MR) is 108 cm³/mol. The van der Waals surface area contributed by atoms with Gasteiger partial charge >= 0.3 is 0 Å². The van der Waals surface area contributed by atoms with Gasteiger partial charge < -0.3 is 4.74 Å². The Morgan fingerprint density at radius 2 is 1.89 bits per heavy atom. The van der Waals surface area contributed by atoms with E-state index in [1.165, 1.54) is 44.2 Å². The van der Waals surface area contributed by atoms with E-state index in [2.05, 4.69) is 17.5 Å². The van der Waals surface area contributed by atoms with Crippen LogP contribution in [0.2, 0.25) is 5.02 Å². The fourth-order valence-corrected chi connectivity index (χ4v) is 6.23. The lowest BCUT2D eigenvalue weighted by atomic mass is 9.48. The van der Waals surface area contributed by atoms with Gasteiger partial charge in [0, 0.05) is 16.1 Å². The molecule has 1 N–H and O–H groups in total. The molecule has 0 heterocycles. The third-order valence-electron chi connectivity index (χ3n) is 6.76. The molecule has 4 saturated carbocycles. The molecule has 0 aromatic heterocycles. The van der Waals surface area contributed by atoms with Crippen LogP contribution >= 0.6 is 11.6 Å². The first-order valence-electron chi connectivity index (χ1n) is 10.3. The van der Waals surface area contributed by atoms with Crippen molar-refractivity contribution in [3.8, 4) is 5.75 Å². The first kappa shape index (κ1) is 18.8. The van der Waals surface area contributed by atoms with Gasteiger partial charge in [-0.1, -0.05) is 24.6 Å². The number of hydrazone groups is 1. The van der Waals surface area contributed by atoms with E-state index in [1.807, 2.05) is 6.07 Å². The van der Waals surface area contributed by atoms with Crippen LogP contribution in [0.15, 0.2) is 29.4 Å². The Morgan fingerprint density at radius 3 is 2.44 bits per heavy atom. The molecule has 5 rings (SSSR count). The molecule has 146 valence electrons. The minimum atomic E-state index is -0.623. The van der Waals surface area contributed by atoms with Crippen molar-refractivity contribution in [2.24, 2.45) is 28.3 Å². The van der Waals surface area contributed by atoms with Gasteiger partial charge in [-0.25, -0.2) is 5.43 Å². The van der Waals surface area contributed by atoms with Crippen LogP contribution in [-0.2, 0) is 4.79 Å². The summed E-state index contributed by atoms with van der Waals surface area (Å²) in [5.41, 5.74) is 4.20. The maximum Gasteiger partial charge on any atom is 0.280 e. The summed E-state index contributed by atoms with van der Waals surface area (Å²) >= 11 is 5.98. The van der Waals surface area contributed by atoms with Crippen LogP contribution in [0.1, 0.15) is 58.8 Å². The Kier molecular flexibility index (Phi) is 5.19. The third-order valence-corrected chi connectivity index (χ3v) is 7.00. The van der Waals surface area contributed by atoms with Crippen LogP contribution in [0.25, 0.3) is 0 Å². The van der Waals surface area contributed by atoms with Gasteiger partial charge in [0.15, 0.2) is 6.10 Å². The molecule has 4 aliphatic rings. The topological polar surface area (TPSA) is 50.7 Å². The molecule has 1 amide bonds. The summed E-state index contributed by atoms with van der Waals surface area (Å²) in [7, 11) is 0. The molecule has 4 aliphatic carbocycles. The fourth-order valence-electron chi connectivity index (χ4n) is 6.05. The number of benzene rings is 1. The van der Waals surface area contributed by atoms with Crippen molar-refractivity contribution in [2.75, 3.05) is 0 Å². The summed E-state index contributed by atoms with van der Waals surface area (Å²) in [5.74, 6) is 2.98. The van der Waals surface area contributed by atoms with Crippen molar-refractivity contribution in [3.63, 3.8) is 0 Å². The van der Waals surface area contributed by atoms with Crippen molar-refractivity contribution in [1.29, 1.82) is 0 Å². The van der Waals surface area contributed by atoms with E-state index in [-0.39, 0.29) is 11.3 Å². The van der Waals surface area contributed by atoms with Gasteiger partial charge in [-0.3, -0.25) is 4.79 Å². The van der Waals surface area contributed by atoms with Crippen molar-refractivity contribution >= 4 is 23.2 Å². The number of hydrogen-bond acceptors (Lipinski definition) is 3. The summed E-state index contributed by atoms with van der Waals surface area (Å²) in [6.07, 6.45) is 8.28. The Balaban J connectivity index is 1.42. The highest BCUT2D eigenvalue weighted by atomic mass is 35.5. The van der Waals surface area contributed by atoms with E-state index in [1.54, 1.807) is 25.1 Å². The number of carbonyl (C=O) groups excluding carboxylic acids is 1. The molecule has 0 spiro atoms. The van der Waals surface area contributed by atoms with E-state index in [0.29, 0.717) is 10.8 Å². The Hall–Kier alpha value is -1.55. The highest BCUT2D eigenvalue weighted by molar-refractivity contribution is 6.30. The van der Waals surface area contributed by atoms with Gasteiger partial charge in [0.1, 0.15) is 5.75 Å². The van der Waals surface area contributed by atoms with E-state index in [9.17, 15) is 4.79 Å². The summed E-state index contributed by atoms with van der Waals surface area (Å²) in [5, 5.41) is 5.21. The van der Waals surface area contributed by atoms with Gasteiger partial charge in [-0.05, 0) is 87.8 Å². The van der Waals surface area contributed by atoms with Gasteiger partial charge in [0.05, 0.1) is 0 Å². The van der Waals surface area contributed by atoms with Crippen LogP contribution in [0.3, 0.4) is 0 Å². The number of halogens is 1. The molecule has 27 heavy (non-hydrogen) atoms. The standard InChI is InChI=1S/C22H29ClN2O2/c1-3-20(22-11-15-7-16(12-22)9-17(8-15)13-22)24-25-21(26)14(2)27-19-6-4-5-18(23)10-19/h4-6,10,14-17H,3,7-9,11-13H2,1-2H3,(H,25,26)/b24-20-. The molecule has 4 nitrogen and oxygen atoms in total. The molecule has 4 bridgehead atoms. The zero-order valence-electron chi connectivity index (χ0n) is 16.2. The van der Waals surface area contributed by atoms with Crippen LogP contribution in [0.4, 0.5) is 0 Å². The molecule has 1 aromatic carbocycles. The van der Waals surface area contributed by atoms with Gasteiger partial charge in [-0.15, -0.1) is 0 Å². The lowest BCUT2D eigenvalue weighted by Crippen LogP contribution is -2.50. The molecular formula is C22H29ClN2O2. The zero-order valence-corrected chi connectivity index (χ0v) is 17.0. The van der Waals surface area contributed by atoms with E-state index in [0.717, 1.165) is 24.2 Å². The first-order chi connectivity index (χ1) is 13.0. The van der Waals surface area contributed by atoms with Gasteiger partial charge in [0.2, 0.25) is 0 Å². The Morgan fingerprint density at radius 1 is 1.26 bits per heavy atom. The number of ether oxygens (including phenoxy) is 1. The lowest BCUT2D eigenvalue weighted by molar-refractivity contribution is -0.127. The normalized spacial score (nSPS) is 33.0. The van der Waals surface area contributed by atoms with E-state index >= 15 is 0 Å². The summed E-state index contributed by atoms with van der Waals surface area (Å²) in [6, 6.07) is 7.10. The van der Waals surface area contributed by atoms with Crippen molar-refractivity contribution < 1.29 is 9.53 Å². The number of rotatable bonds is 6. The van der Waals surface area contributed by atoms with E-state index in [4.69, 9.17) is 16.3 Å². The highest BCUT2D eigenvalue weighted by Gasteiger charge is 2.52. The number of carbonyl (C=O) groups is 1. The molecule has 0 saturated heterocycles. The summed E-state index contributed by atoms with van der Waals surface area (Å²) in [6.45, 7) is 3.90. The maximum atomic E-state index is 12.5. The quantitative estimate of drug-likeness (QED) is 0.537. The van der Waals surface area contributed by atoms with Crippen molar-refractivity contribution in [3.05, 3.63) is 29.3 Å². The number of nitrogens with zero attached hydrogens (tertiary/aromatic N) is 1. The summed E-state index contributed by atoms with van der Waals surface area (Å²) < 4.78 is 5.71. The molecular weight excluding hydrogens is 360 g/mol. The molecule has 1 aromatic rings. The highest BCUT2D eigenvalue weighted by Crippen LogP contribution is 2.60. The number of nitrogens with one attached hydrogen (secondary N) is 1.